The highest BCUT2D eigenvalue weighted by atomic mass is 79.9. The zero-order chi connectivity index (χ0) is 14.9. The van der Waals surface area contributed by atoms with Crippen LogP contribution < -0.4 is 0 Å². The van der Waals surface area contributed by atoms with Crippen LogP contribution in [0.5, 0.6) is 0 Å². The van der Waals surface area contributed by atoms with Gasteiger partial charge in [-0.1, -0.05) is 19.8 Å². The highest BCUT2D eigenvalue weighted by Gasteiger charge is 2.43. The largest absolute Gasteiger partial charge is 0.481 e. The van der Waals surface area contributed by atoms with Crippen molar-refractivity contribution in [3.63, 3.8) is 0 Å². The molecule has 0 aromatic heterocycles. The minimum atomic E-state index is -1.06. The molecular formula is C15H17BrF2O2. The van der Waals surface area contributed by atoms with Crippen LogP contribution in [0.15, 0.2) is 16.6 Å². The van der Waals surface area contributed by atoms with Gasteiger partial charge in [-0.15, -0.1) is 0 Å². The highest BCUT2D eigenvalue weighted by Crippen LogP contribution is 2.43. The van der Waals surface area contributed by atoms with Gasteiger partial charge in [0.05, 0.1) is 9.89 Å². The SMILES string of the molecule is CC1CCCC(Cc2c(F)ccc(Br)c2F)(C(=O)O)C1. The summed E-state index contributed by atoms with van der Waals surface area (Å²) in [7, 11) is 0. The van der Waals surface area contributed by atoms with E-state index in [1.807, 2.05) is 6.92 Å². The number of carboxylic acid groups (broad SMARTS) is 1. The second kappa shape index (κ2) is 5.80. The zero-order valence-corrected chi connectivity index (χ0v) is 12.8. The van der Waals surface area contributed by atoms with Crippen molar-refractivity contribution in [1.82, 2.24) is 0 Å². The molecule has 20 heavy (non-hydrogen) atoms. The molecule has 0 aliphatic heterocycles. The molecule has 1 aliphatic rings. The predicted octanol–water partition coefficient (Wildman–Crippen LogP) is 4.55. The smallest absolute Gasteiger partial charge is 0.309 e. The Morgan fingerprint density at radius 2 is 2.20 bits per heavy atom. The van der Waals surface area contributed by atoms with Gasteiger partial charge in [-0.25, -0.2) is 8.78 Å². The predicted molar refractivity (Wildman–Crippen MR) is 75.5 cm³/mol. The van der Waals surface area contributed by atoms with E-state index in [9.17, 15) is 18.7 Å². The molecule has 0 bridgehead atoms. The molecule has 1 fully saturated rings. The van der Waals surface area contributed by atoms with Crippen LogP contribution in [-0.2, 0) is 11.2 Å². The normalized spacial score (nSPS) is 26.5. The fourth-order valence-corrected chi connectivity index (χ4v) is 3.53. The molecule has 0 heterocycles. The van der Waals surface area contributed by atoms with Crippen molar-refractivity contribution in [3.05, 3.63) is 33.8 Å². The minimum Gasteiger partial charge on any atom is -0.481 e. The number of carboxylic acids is 1. The molecule has 1 aromatic carbocycles. The number of halogens is 3. The summed E-state index contributed by atoms with van der Waals surface area (Å²) in [6.45, 7) is 1.99. The lowest BCUT2D eigenvalue weighted by Gasteiger charge is -2.36. The Bertz CT molecular complexity index is 533. The summed E-state index contributed by atoms with van der Waals surface area (Å²) < 4.78 is 28.1. The van der Waals surface area contributed by atoms with Gasteiger partial charge in [0.1, 0.15) is 11.6 Å². The lowest BCUT2D eigenvalue weighted by Crippen LogP contribution is -2.38. The van der Waals surface area contributed by atoms with Gasteiger partial charge in [0.2, 0.25) is 0 Å². The first-order valence-corrected chi connectivity index (χ1v) is 7.51. The summed E-state index contributed by atoms with van der Waals surface area (Å²) in [5.74, 6) is -2.06. The molecule has 110 valence electrons. The number of hydrogen-bond acceptors (Lipinski definition) is 1. The van der Waals surface area contributed by atoms with Crippen molar-refractivity contribution >= 4 is 21.9 Å². The van der Waals surface area contributed by atoms with Crippen LogP contribution in [0.2, 0.25) is 0 Å². The summed E-state index contributed by atoms with van der Waals surface area (Å²) in [5.41, 5.74) is -1.18. The molecule has 5 heteroatoms. The standard InChI is InChI=1S/C15H17BrF2O2/c1-9-3-2-6-15(7-9,14(19)20)8-10-12(17)5-4-11(16)13(10)18/h4-5,9H,2-3,6-8H2,1H3,(H,19,20). The quantitative estimate of drug-likeness (QED) is 0.815. The number of hydrogen-bond donors (Lipinski definition) is 1. The van der Waals surface area contributed by atoms with Crippen molar-refractivity contribution in [3.8, 4) is 0 Å². The Morgan fingerprint density at radius 3 is 2.80 bits per heavy atom. The molecule has 0 amide bonds. The molecule has 1 N–H and O–H groups in total. The first-order chi connectivity index (χ1) is 9.35. The van der Waals surface area contributed by atoms with Crippen molar-refractivity contribution < 1.29 is 18.7 Å². The molecule has 1 saturated carbocycles. The van der Waals surface area contributed by atoms with Crippen molar-refractivity contribution in [2.24, 2.45) is 11.3 Å². The summed E-state index contributed by atoms with van der Waals surface area (Å²) in [6.07, 6.45) is 2.60. The Labute approximate surface area is 125 Å². The minimum absolute atomic E-state index is 0.0935. The summed E-state index contributed by atoms with van der Waals surface area (Å²) >= 11 is 3.02. The Morgan fingerprint density at radius 1 is 1.50 bits per heavy atom. The van der Waals surface area contributed by atoms with Gasteiger partial charge in [0.25, 0.3) is 0 Å². The fourth-order valence-electron chi connectivity index (χ4n) is 3.16. The Balaban J connectivity index is 2.39. The molecule has 2 rings (SSSR count). The van der Waals surface area contributed by atoms with E-state index in [2.05, 4.69) is 15.9 Å². The molecule has 1 aliphatic carbocycles. The van der Waals surface area contributed by atoms with Gasteiger partial charge < -0.3 is 5.11 Å². The Hall–Kier alpha value is -0.970. The monoisotopic (exact) mass is 346 g/mol. The van der Waals surface area contributed by atoms with Crippen LogP contribution in [-0.4, -0.2) is 11.1 Å². The fraction of sp³-hybridized carbons (Fsp3) is 0.533. The Kier molecular flexibility index (Phi) is 4.47. The average Bonchev–Trinajstić information content (AvgIpc) is 2.39. The van der Waals surface area contributed by atoms with Crippen molar-refractivity contribution in [2.75, 3.05) is 0 Å². The summed E-state index contributed by atoms with van der Waals surface area (Å²) in [6, 6.07) is 2.47. The lowest BCUT2D eigenvalue weighted by atomic mass is 9.67. The van der Waals surface area contributed by atoms with E-state index in [1.54, 1.807) is 0 Å². The third-order valence-corrected chi connectivity index (χ3v) is 4.81. The van der Waals surface area contributed by atoms with Gasteiger partial charge in [-0.2, -0.15) is 0 Å². The van der Waals surface area contributed by atoms with Crippen LogP contribution in [0.25, 0.3) is 0 Å². The van der Waals surface area contributed by atoms with E-state index in [0.29, 0.717) is 12.8 Å². The second-order valence-corrected chi connectivity index (χ2v) is 6.64. The highest BCUT2D eigenvalue weighted by molar-refractivity contribution is 9.10. The summed E-state index contributed by atoms with van der Waals surface area (Å²) in [4.78, 5) is 11.7. The van der Waals surface area contributed by atoms with E-state index < -0.39 is 23.0 Å². The molecular weight excluding hydrogens is 330 g/mol. The molecule has 0 spiro atoms. The first-order valence-electron chi connectivity index (χ1n) is 6.71. The maximum atomic E-state index is 14.1. The number of carbonyl (C=O) groups is 1. The molecule has 0 saturated heterocycles. The van der Waals surface area contributed by atoms with Crippen molar-refractivity contribution in [2.45, 2.75) is 39.0 Å². The van der Waals surface area contributed by atoms with Crippen LogP contribution in [0.3, 0.4) is 0 Å². The average molecular weight is 347 g/mol. The van der Waals surface area contributed by atoms with Crippen LogP contribution in [0, 0.1) is 23.0 Å². The van der Waals surface area contributed by atoms with E-state index in [0.717, 1.165) is 12.8 Å². The molecule has 1 aromatic rings. The number of rotatable bonds is 3. The van der Waals surface area contributed by atoms with E-state index >= 15 is 0 Å². The van der Waals surface area contributed by atoms with E-state index in [1.165, 1.54) is 12.1 Å². The number of aliphatic carboxylic acids is 1. The zero-order valence-electron chi connectivity index (χ0n) is 11.3. The molecule has 0 radical (unpaired) electrons. The maximum Gasteiger partial charge on any atom is 0.309 e. The van der Waals surface area contributed by atoms with Gasteiger partial charge >= 0.3 is 5.97 Å². The van der Waals surface area contributed by atoms with Gasteiger partial charge in [-0.3, -0.25) is 4.79 Å². The maximum absolute atomic E-state index is 14.1. The van der Waals surface area contributed by atoms with Gasteiger partial charge in [0, 0.05) is 5.56 Å². The van der Waals surface area contributed by atoms with E-state index in [4.69, 9.17) is 0 Å². The first kappa shape index (κ1) is 15.4. The van der Waals surface area contributed by atoms with Crippen LogP contribution in [0.1, 0.15) is 38.2 Å². The van der Waals surface area contributed by atoms with E-state index in [-0.39, 0.29) is 22.4 Å². The summed E-state index contributed by atoms with van der Waals surface area (Å²) in [5, 5.41) is 9.56. The topological polar surface area (TPSA) is 37.3 Å². The van der Waals surface area contributed by atoms with Gasteiger partial charge in [0.15, 0.2) is 0 Å². The second-order valence-electron chi connectivity index (χ2n) is 5.79. The molecule has 2 nitrogen and oxygen atoms in total. The lowest BCUT2D eigenvalue weighted by molar-refractivity contribution is -0.152. The van der Waals surface area contributed by atoms with Gasteiger partial charge in [-0.05, 0) is 53.2 Å². The third-order valence-electron chi connectivity index (χ3n) is 4.20. The third kappa shape index (κ3) is 2.87. The van der Waals surface area contributed by atoms with Crippen LogP contribution in [0.4, 0.5) is 8.78 Å². The molecule has 2 unspecified atom stereocenters. The van der Waals surface area contributed by atoms with Crippen LogP contribution >= 0.6 is 15.9 Å². The molecule has 2 atom stereocenters. The van der Waals surface area contributed by atoms with Crippen molar-refractivity contribution in [1.29, 1.82) is 0 Å². The number of benzene rings is 1.